The number of hydrogen-bond donors (Lipinski definition) is 1. The Labute approximate surface area is 101 Å². The quantitative estimate of drug-likeness (QED) is 0.797. The highest BCUT2D eigenvalue weighted by molar-refractivity contribution is 7.13. The number of nitrogens with two attached hydrogens (primary N) is 1. The van der Waals surface area contributed by atoms with Crippen molar-refractivity contribution in [2.45, 2.75) is 25.2 Å². The summed E-state index contributed by atoms with van der Waals surface area (Å²) in [5.41, 5.74) is 11.3. The lowest BCUT2D eigenvalue weighted by atomic mass is 9.79. The number of benzene rings is 1. The van der Waals surface area contributed by atoms with Gasteiger partial charge in [0.15, 0.2) is 0 Å². The Balaban J connectivity index is 0.00000108. The molecule has 1 saturated carbocycles. The molecule has 1 aromatic carbocycles. The van der Waals surface area contributed by atoms with Crippen LogP contribution >= 0.6 is 11.3 Å². The van der Waals surface area contributed by atoms with Crippen LogP contribution in [0.1, 0.15) is 32.2 Å². The zero-order valence-corrected chi connectivity index (χ0v) is 9.83. The molecule has 0 radical (unpaired) electrons. The molecule has 3 rings (SSSR count). The molecule has 1 heterocycles. The van der Waals surface area contributed by atoms with Crippen LogP contribution in [0.4, 0.5) is 5.69 Å². The Morgan fingerprint density at radius 1 is 1.31 bits per heavy atom. The zero-order valence-electron chi connectivity index (χ0n) is 9.02. The Morgan fingerprint density at radius 3 is 2.81 bits per heavy atom. The highest BCUT2D eigenvalue weighted by Crippen LogP contribution is 2.39. The van der Waals surface area contributed by atoms with E-state index in [1.807, 2.05) is 17.8 Å². The Hall–Kier alpha value is -1.35. The van der Waals surface area contributed by atoms with Gasteiger partial charge in [0.25, 0.3) is 0 Å². The van der Waals surface area contributed by atoms with Crippen molar-refractivity contribution in [3.63, 3.8) is 0 Å². The van der Waals surface area contributed by atoms with E-state index in [4.69, 9.17) is 5.73 Å². The van der Waals surface area contributed by atoms with Gasteiger partial charge >= 0.3 is 0 Å². The van der Waals surface area contributed by atoms with Gasteiger partial charge in [0.1, 0.15) is 0 Å². The number of hydrogen-bond acceptors (Lipinski definition) is 3. The summed E-state index contributed by atoms with van der Waals surface area (Å²) in [6.07, 6.45) is 5.89. The average Bonchev–Trinajstić information content (AvgIpc) is 2.66. The van der Waals surface area contributed by atoms with E-state index in [0.717, 1.165) is 11.6 Å². The van der Waals surface area contributed by atoms with E-state index in [9.17, 15) is 0 Å². The fraction of sp³-hybridized carbons (Fsp3) is 0.308. The molecule has 0 unspecified atom stereocenters. The van der Waals surface area contributed by atoms with Gasteiger partial charge in [0, 0.05) is 13.3 Å². The van der Waals surface area contributed by atoms with Crippen LogP contribution in [0, 0.1) is 0 Å². The van der Waals surface area contributed by atoms with Crippen LogP contribution in [0.5, 0.6) is 0 Å². The smallest absolute Gasteiger partial charge is 0.0797 e. The summed E-state index contributed by atoms with van der Waals surface area (Å²) >= 11 is 1.66. The minimum absolute atomic E-state index is 0. The Bertz CT molecular complexity index is 492. The van der Waals surface area contributed by atoms with Gasteiger partial charge in [-0.2, -0.15) is 0 Å². The van der Waals surface area contributed by atoms with Crippen molar-refractivity contribution in [3.05, 3.63) is 35.5 Å². The van der Waals surface area contributed by atoms with E-state index in [1.54, 1.807) is 11.3 Å². The first-order valence-corrected chi connectivity index (χ1v) is 6.50. The molecule has 0 bridgehead atoms. The van der Waals surface area contributed by atoms with Gasteiger partial charge < -0.3 is 5.73 Å². The van der Waals surface area contributed by atoms with Crippen LogP contribution in [-0.4, -0.2) is 4.98 Å². The average molecular weight is 232 g/mol. The van der Waals surface area contributed by atoms with Crippen LogP contribution in [0.25, 0.3) is 10.4 Å². The fourth-order valence-electron chi connectivity index (χ4n) is 2.15. The van der Waals surface area contributed by atoms with Gasteiger partial charge in [-0.25, -0.2) is 0 Å². The van der Waals surface area contributed by atoms with E-state index in [-0.39, 0.29) is 1.43 Å². The van der Waals surface area contributed by atoms with Crippen LogP contribution in [-0.2, 0) is 0 Å². The summed E-state index contributed by atoms with van der Waals surface area (Å²) in [4.78, 5) is 5.32. The number of nitrogens with zero attached hydrogens (tertiary/aromatic N) is 1. The van der Waals surface area contributed by atoms with Gasteiger partial charge in [0.05, 0.1) is 10.4 Å². The van der Waals surface area contributed by atoms with Crippen molar-refractivity contribution in [2.75, 3.05) is 5.73 Å². The highest BCUT2D eigenvalue weighted by atomic mass is 32.1. The standard InChI is InChI=1S/C13H14N2S.H2/c14-12-5-10(9-2-1-3-9)4-11(6-12)13-7-15-8-16-13;/h4-9H,1-3,14H2;1H. The molecule has 2 aromatic rings. The van der Waals surface area contributed by atoms with E-state index >= 15 is 0 Å². The maximum atomic E-state index is 5.97. The third-order valence-corrected chi connectivity index (χ3v) is 4.09. The third kappa shape index (κ3) is 1.71. The van der Waals surface area contributed by atoms with Gasteiger partial charge in [0.2, 0.25) is 0 Å². The van der Waals surface area contributed by atoms with Crippen molar-refractivity contribution in [1.29, 1.82) is 0 Å². The molecular formula is C13H16N2S. The second-order valence-corrected chi connectivity index (χ2v) is 5.27. The summed E-state index contributed by atoms with van der Waals surface area (Å²) in [5.74, 6) is 0.732. The predicted octanol–water partition coefficient (Wildman–Crippen LogP) is 3.91. The molecule has 0 spiro atoms. The number of thiazole rings is 1. The van der Waals surface area contributed by atoms with Gasteiger partial charge in [-0.15, -0.1) is 11.3 Å². The summed E-state index contributed by atoms with van der Waals surface area (Å²) < 4.78 is 0. The summed E-state index contributed by atoms with van der Waals surface area (Å²) in [7, 11) is 0. The summed E-state index contributed by atoms with van der Waals surface area (Å²) in [6.45, 7) is 0. The normalized spacial score (nSPS) is 16.0. The Kier molecular flexibility index (Phi) is 2.40. The molecule has 2 N–H and O–H groups in total. The van der Waals surface area contributed by atoms with Gasteiger partial charge in [-0.05, 0) is 48.1 Å². The molecule has 0 aliphatic heterocycles. The molecule has 1 fully saturated rings. The number of aromatic nitrogens is 1. The Morgan fingerprint density at radius 2 is 2.19 bits per heavy atom. The minimum Gasteiger partial charge on any atom is -0.399 e. The first kappa shape index (κ1) is 9.85. The number of rotatable bonds is 2. The monoisotopic (exact) mass is 232 g/mol. The van der Waals surface area contributed by atoms with Crippen LogP contribution < -0.4 is 5.73 Å². The number of anilines is 1. The van der Waals surface area contributed by atoms with Crippen molar-refractivity contribution < 1.29 is 1.43 Å². The molecule has 1 aromatic heterocycles. The van der Waals surface area contributed by atoms with E-state index < -0.39 is 0 Å². The molecule has 1 aliphatic carbocycles. The van der Waals surface area contributed by atoms with E-state index in [2.05, 4.69) is 17.1 Å². The second kappa shape index (κ2) is 3.91. The molecule has 0 amide bonds. The fourth-order valence-corrected chi connectivity index (χ4v) is 2.77. The van der Waals surface area contributed by atoms with Crippen molar-refractivity contribution >= 4 is 17.0 Å². The first-order valence-electron chi connectivity index (χ1n) is 5.62. The summed E-state index contributed by atoms with van der Waals surface area (Å²) in [6, 6.07) is 6.43. The molecule has 2 nitrogen and oxygen atoms in total. The lowest BCUT2D eigenvalue weighted by Crippen LogP contribution is -2.09. The topological polar surface area (TPSA) is 38.9 Å². The maximum Gasteiger partial charge on any atom is 0.0797 e. The van der Waals surface area contributed by atoms with Gasteiger partial charge in [-0.3, -0.25) is 4.98 Å². The molecule has 0 atom stereocenters. The largest absolute Gasteiger partial charge is 0.399 e. The van der Waals surface area contributed by atoms with Crippen LogP contribution in [0.15, 0.2) is 29.9 Å². The maximum absolute atomic E-state index is 5.97. The van der Waals surface area contributed by atoms with Crippen LogP contribution in [0.2, 0.25) is 0 Å². The van der Waals surface area contributed by atoms with E-state index in [0.29, 0.717) is 0 Å². The van der Waals surface area contributed by atoms with Crippen molar-refractivity contribution in [2.24, 2.45) is 0 Å². The SMILES string of the molecule is Nc1cc(-c2cncs2)cc(C2CCC2)c1.[HH]. The zero-order chi connectivity index (χ0) is 11.0. The lowest BCUT2D eigenvalue weighted by molar-refractivity contribution is 0.420. The highest BCUT2D eigenvalue weighted by Gasteiger charge is 2.20. The van der Waals surface area contributed by atoms with Crippen molar-refractivity contribution in [3.8, 4) is 10.4 Å². The molecule has 84 valence electrons. The third-order valence-electron chi connectivity index (χ3n) is 3.27. The molecular weight excluding hydrogens is 216 g/mol. The minimum atomic E-state index is 0. The molecule has 16 heavy (non-hydrogen) atoms. The van der Waals surface area contributed by atoms with E-state index in [1.165, 1.54) is 35.3 Å². The molecule has 1 aliphatic rings. The second-order valence-electron chi connectivity index (χ2n) is 4.38. The first-order chi connectivity index (χ1) is 7.83. The predicted molar refractivity (Wildman–Crippen MR) is 70.7 cm³/mol. The number of nitrogen functional groups attached to an aromatic ring is 1. The van der Waals surface area contributed by atoms with Gasteiger partial charge in [-0.1, -0.05) is 6.42 Å². The molecule has 3 heteroatoms. The van der Waals surface area contributed by atoms with Crippen molar-refractivity contribution in [1.82, 2.24) is 4.98 Å². The van der Waals surface area contributed by atoms with Crippen LogP contribution in [0.3, 0.4) is 0 Å². The molecule has 0 saturated heterocycles. The lowest BCUT2D eigenvalue weighted by Gasteiger charge is -2.26. The summed E-state index contributed by atoms with van der Waals surface area (Å²) in [5, 5.41) is 0.